The molecule has 0 aromatic heterocycles. The van der Waals surface area contributed by atoms with Crippen LogP contribution in [0.2, 0.25) is 5.02 Å². The highest BCUT2D eigenvalue weighted by atomic mass is 35.5. The third kappa shape index (κ3) is 4.04. The van der Waals surface area contributed by atoms with E-state index in [1.165, 1.54) is 25.3 Å². The van der Waals surface area contributed by atoms with Gasteiger partial charge in [-0.1, -0.05) is 11.6 Å². The van der Waals surface area contributed by atoms with Crippen LogP contribution < -0.4 is 10.6 Å². The van der Waals surface area contributed by atoms with Gasteiger partial charge in [-0.15, -0.1) is 0 Å². The van der Waals surface area contributed by atoms with Crippen molar-refractivity contribution in [2.24, 2.45) is 0 Å². The van der Waals surface area contributed by atoms with Crippen LogP contribution in [0.3, 0.4) is 0 Å². The van der Waals surface area contributed by atoms with Gasteiger partial charge in [0.2, 0.25) is 0 Å². The van der Waals surface area contributed by atoms with E-state index < -0.39 is 11.8 Å². The van der Waals surface area contributed by atoms with Crippen LogP contribution in [0.5, 0.6) is 0 Å². The van der Waals surface area contributed by atoms with Gasteiger partial charge in [-0.3, -0.25) is 0 Å². The molecule has 16 heavy (non-hydrogen) atoms. The average molecular weight is 247 g/mol. The summed E-state index contributed by atoms with van der Waals surface area (Å²) in [5, 5.41) is 5.19. The summed E-state index contributed by atoms with van der Waals surface area (Å²) in [5.41, 5.74) is 0.0439. The number of hydrogen-bond acceptors (Lipinski definition) is 2. The molecule has 88 valence electrons. The molecule has 1 rings (SSSR count). The summed E-state index contributed by atoms with van der Waals surface area (Å²) in [7, 11) is 1.52. The SMILES string of the molecule is COCCNC(=O)Nc1cc(Cl)ccc1F. The van der Waals surface area contributed by atoms with Crippen LogP contribution in [0.15, 0.2) is 18.2 Å². The normalized spacial score (nSPS) is 9.94. The van der Waals surface area contributed by atoms with E-state index in [9.17, 15) is 9.18 Å². The van der Waals surface area contributed by atoms with Crippen molar-refractivity contribution in [2.75, 3.05) is 25.6 Å². The number of hydrogen-bond donors (Lipinski definition) is 2. The first-order valence-corrected chi connectivity index (χ1v) is 5.00. The monoisotopic (exact) mass is 246 g/mol. The molecule has 0 unspecified atom stereocenters. The number of rotatable bonds is 4. The quantitative estimate of drug-likeness (QED) is 0.801. The van der Waals surface area contributed by atoms with E-state index in [0.29, 0.717) is 18.2 Å². The minimum atomic E-state index is -0.536. The van der Waals surface area contributed by atoms with Crippen LogP contribution in [0, 0.1) is 5.82 Å². The van der Waals surface area contributed by atoms with Gasteiger partial charge in [0.05, 0.1) is 12.3 Å². The molecule has 0 fully saturated rings. The third-order valence-electron chi connectivity index (χ3n) is 1.77. The van der Waals surface area contributed by atoms with Crippen LogP contribution in [-0.2, 0) is 4.74 Å². The second kappa shape index (κ2) is 6.30. The molecule has 0 spiro atoms. The number of benzene rings is 1. The van der Waals surface area contributed by atoms with Crippen LogP contribution in [0.1, 0.15) is 0 Å². The maximum absolute atomic E-state index is 13.2. The van der Waals surface area contributed by atoms with Crippen LogP contribution in [-0.4, -0.2) is 26.3 Å². The summed E-state index contributed by atoms with van der Waals surface area (Å²) < 4.78 is 17.9. The molecule has 0 aliphatic heterocycles. The number of halogens is 2. The number of carbonyl (C=O) groups excluding carboxylic acids is 1. The Morgan fingerprint density at radius 2 is 2.31 bits per heavy atom. The Kier molecular flexibility index (Phi) is 5.01. The number of ether oxygens (including phenoxy) is 1. The maximum atomic E-state index is 13.2. The van der Waals surface area contributed by atoms with Gasteiger partial charge in [-0.05, 0) is 18.2 Å². The Balaban J connectivity index is 2.52. The summed E-state index contributed by atoms with van der Waals surface area (Å²) in [6.45, 7) is 0.746. The van der Waals surface area contributed by atoms with Crippen LogP contribution in [0.25, 0.3) is 0 Å². The van der Waals surface area contributed by atoms with Gasteiger partial charge in [0, 0.05) is 18.7 Å². The van der Waals surface area contributed by atoms with Crippen LogP contribution >= 0.6 is 11.6 Å². The van der Waals surface area contributed by atoms with Crippen LogP contribution in [0.4, 0.5) is 14.9 Å². The lowest BCUT2D eigenvalue weighted by atomic mass is 10.3. The molecule has 1 aromatic carbocycles. The second-order valence-corrected chi connectivity index (χ2v) is 3.43. The van der Waals surface area contributed by atoms with Crippen molar-refractivity contribution in [1.29, 1.82) is 0 Å². The van der Waals surface area contributed by atoms with E-state index in [1.54, 1.807) is 0 Å². The molecular formula is C10H12ClFN2O2. The molecule has 0 atom stereocenters. The topological polar surface area (TPSA) is 50.4 Å². The molecule has 0 heterocycles. The van der Waals surface area contributed by atoms with E-state index in [-0.39, 0.29) is 5.69 Å². The minimum absolute atomic E-state index is 0.0439. The lowest BCUT2D eigenvalue weighted by molar-refractivity contribution is 0.198. The molecule has 0 saturated carbocycles. The zero-order chi connectivity index (χ0) is 12.0. The number of nitrogens with one attached hydrogen (secondary N) is 2. The van der Waals surface area contributed by atoms with Crippen molar-refractivity contribution < 1.29 is 13.9 Å². The molecule has 0 bridgehead atoms. The van der Waals surface area contributed by atoms with Crippen molar-refractivity contribution in [1.82, 2.24) is 5.32 Å². The summed E-state index contributed by atoms with van der Waals surface area (Å²) >= 11 is 5.67. The fourth-order valence-corrected chi connectivity index (χ4v) is 1.20. The lowest BCUT2D eigenvalue weighted by Gasteiger charge is -2.08. The predicted molar refractivity (Wildman–Crippen MR) is 60.3 cm³/mol. The van der Waals surface area contributed by atoms with Gasteiger partial charge >= 0.3 is 6.03 Å². The number of anilines is 1. The first kappa shape index (κ1) is 12.7. The van der Waals surface area contributed by atoms with Gasteiger partial charge < -0.3 is 15.4 Å². The number of amides is 2. The number of methoxy groups -OCH3 is 1. The van der Waals surface area contributed by atoms with E-state index in [0.717, 1.165) is 0 Å². The average Bonchev–Trinajstić information content (AvgIpc) is 2.24. The molecule has 0 saturated heterocycles. The van der Waals surface area contributed by atoms with Crippen molar-refractivity contribution in [3.63, 3.8) is 0 Å². The molecular weight excluding hydrogens is 235 g/mol. The summed E-state index contributed by atoms with van der Waals surface area (Å²) in [6, 6.07) is 3.43. The highest BCUT2D eigenvalue weighted by Crippen LogP contribution is 2.19. The van der Waals surface area contributed by atoms with Crippen molar-refractivity contribution in [3.8, 4) is 0 Å². The summed E-state index contributed by atoms with van der Waals surface area (Å²) in [4.78, 5) is 11.3. The highest BCUT2D eigenvalue weighted by Gasteiger charge is 2.06. The van der Waals surface area contributed by atoms with Gasteiger partial charge in [0.15, 0.2) is 0 Å². The number of urea groups is 1. The Bertz CT molecular complexity index is 374. The highest BCUT2D eigenvalue weighted by molar-refractivity contribution is 6.30. The lowest BCUT2D eigenvalue weighted by Crippen LogP contribution is -2.31. The second-order valence-electron chi connectivity index (χ2n) is 3.00. The van der Waals surface area contributed by atoms with E-state index in [4.69, 9.17) is 16.3 Å². The summed E-state index contributed by atoms with van der Waals surface area (Å²) in [6.07, 6.45) is 0. The fraction of sp³-hybridized carbons (Fsp3) is 0.300. The fourth-order valence-electron chi connectivity index (χ4n) is 1.03. The molecule has 0 aliphatic rings. The summed E-state index contributed by atoms with van der Waals surface area (Å²) in [5.74, 6) is -0.536. The molecule has 0 radical (unpaired) electrons. The van der Waals surface area contributed by atoms with Crippen molar-refractivity contribution in [2.45, 2.75) is 0 Å². The smallest absolute Gasteiger partial charge is 0.319 e. The molecule has 0 aliphatic carbocycles. The van der Waals surface area contributed by atoms with Gasteiger partial charge in [0.25, 0.3) is 0 Å². The van der Waals surface area contributed by atoms with Crippen molar-refractivity contribution >= 4 is 23.3 Å². The molecule has 4 nitrogen and oxygen atoms in total. The maximum Gasteiger partial charge on any atom is 0.319 e. The molecule has 6 heteroatoms. The van der Waals surface area contributed by atoms with Crippen molar-refractivity contribution in [3.05, 3.63) is 29.0 Å². The zero-order valence-corrected chi connectivity index (χ0v) is 9.47. The Morgan fingerprint density at radius 3 is 3.00 bits per heavy atom. The first-order valence-electron chi connectivity index (χ1n) is 4.62. The van der Waals surface area contributed by atoms with E-state index in [2.05, 4.69) is 10.6 Å². The number of carbonyl (C=O) groups is 1. The van der Waals surface area contributed by atoms with Gasteiger partial charge in [-0.2, -0.15) is 0 Å². The first-order chi connectivity index (χ1) is 7.63. The largest absolute Gasteiger partial charge is 0.383 e. The molecule has 2 N–H and O–H groups in total. The standard InChI is InChI=1S/C10H12ClFN2O2/c1-16-5-4-13-10(15)14-9-6-7(11)2-3-8(9)12/h2-3,6H,4-5H2,1H3,(H2,13,14,15). The Labute approximate surface area is 97.7 Å². The van der Waals surface area contributed by atoms with Gasteiger partial charge in [0.1, 0.15) is 5.82 Å². The van der Waals surface area contributed by atoms with Gasteiger partial charge in [-0.25, -0.2) is 9.18 Å². The zero-order valence-electron chi connectivity index (χ0n) is 8.72. The molecule has 1 aromatic rings. The third-order valence-corrected chi connectivity index (χ3v) is 2.00. The predicted octanol–water partition coefficient (Wildman–Crippen LogP) is 2.25. The van der Waals surface area contributed by atoms with E-state index in [1.807, 2.05) is 0 Å². The Hall–Kier alpha value is -1.33. The van der Waals surface area contributed by atoms with E-state index >= 15 is 0 Å². The molecule has 2 amide bonds. The Morgan fingerprint density at radius 1 is 1.56 bits per heavy atom. The minimum Gasteiger partial charge on any atom is -0.383 e.